The number of nitrogens with one attached hydrogen (secondary N) is 1. The van der Waals surface area contributed by atoms with Gasteiger partial charge in [-0.3, -0.25) is 4.79 Å². The van der Waals surface area contributed by atoms with Gasteiger partial charge in [0.2, 0.25) is 0 Å². The first-order chi connectivity index (χ1) is 15.7. The second-order valence-corrected chi connectivity index (χ2v) is 7.65. The summed E-state index contributed by atoms with van der Waals surface area (Å²) < 4.78 is 50.7. The van der Waals surface area contributed by atoms with Gasteiger partial charge >= 0.3 is 6.18 Å². The van der Waals surface area contributed by atoms with Gasteiger partial charge in [0.15, 0.2) is 0 Å². The highest BCUT2D eigenvalue weighted by atomic mass is 35.5. The first-order valence-electron chi connectivity index (χ1n) is 9.70. The standard InChI is InChI=1S/C23H15ClF3N3O3/c24-20-3-1-13(9-19(20)23(25,26)27)22(31)30-16-7-14-8-17(2-4-21(14)32-12-16)33-18-5-6-29-15(10-18)11-28/h1-6,8-10,16H,7,12H2,(H,30,31)/t16-/m0/s1. The molecule has 0 bridgehead atoms. The molecular weight excluding hydrogens is 459 g/mol. The zero-order valence-electron chi connectivity index (χ0n) is 16.8. The number of carbonyl (C=O) groups excluding carboxylic acids is 1. The van der Waals surface area contributed by atoms with Crippen LogP contribution in [-0.4, -0.2) is 23.5 Å². The van der Waals surface area contributed by atoms with Crippen LogP contribution in [0.15, 0.2) is 54.7 Å². The smallest absolute Gasteiger partial charge is 0.417 e. The summed E-state index contributed by atoms with van der Waals surface area (Å²) in [5, 5.41) is 11.2. The molecule has 1 atom stereocenters. The van der Waals surface area contributed by atoms with Gasteiger partial charge in [0.1, 0.15) is 35.6 Å². The maximum absolute atomic E-state index is 13.1. The maximum atomic E-state index is 13.1. The molecule has 168 valence electrons. The van der Waals surface area contributed by atoms with Crippen LogP contribution in [0.4, 0.5) is 13.2 Å². The van der Waals surface area contributed by atoms with Crippen LogP contribution < -0.4 is 14.8 Å². The number of benzene rings is 2. The van der Waals surface area contributed by atoms with E-state index in [-0.39, 0.29) is 17.9 Å². The summed E-state index contributed by atoms with van der Waals surface area (Å²) in [6, 6.07) is 12.8. The molecule has 0 fully saturated rings. The Morgan fingerprint density at radius 3 is 2.73 bits per heavy atom. The number of fused-ring (bicyclic) bond motifs is 1. The van der Waals surface area contributed by atoms with Crippen molar-refractivity contribution in [1.82, 2.24) is 10.3 Å². The van der Waals surface area contributed by atoms with E-state index < -0.39 is 28.7 Å². The lowest BCUT2D eigenvalue weighted by atomic mass is 10.0. The minimum absolute atomic E-state index is 0.152. The van der Waals surface area contributed by atoms with Crippen molar-refractivity contribution in [3.63, 3.8) is 0 Å². The van der Waals surface area contributed by atoms with Crippen LogP contribution in [0, 0.1) is 11.3 Å². The minimum Gasteiger partial charge on any atom is -0.491 e. The van der Waals surface area contributed by atoms with Crippen molar-refractivity contribution >= 4 is 17.5 Å². The van der Waals surface area contributed by atoms with E-state index in [2.05, 4.69) is 10.3 Å². The van der Waals surface area contributed by atoms with Gasteiger partial charge in [0.05, 0.1) is 16.6 Å². The number of pyridine rings is 1. The Kier molecular flexibility index (Phi) is 6.11. The average molecular weight is 474 g/mol. The van der Waals surface area contributed by atoms with Crippen LogP contribution in [0.25, 0.3) is 0 Å². The van der Waals surface area contributed by atoms with Crippen molar-refractivity contribution in [2.45, 2.75) is 18.6 Å². The lowest BCUT2D eigenvalue weighted by molar-refractivity contribution is -0.137. The molecular formula is C23H15ClF3N3O3. The fourth-order valence-corrected chi connectivity index (χ4v) is 3.58. The molecule has 6 nitrogen and oxygen atoms in total. The molecule has 0 saturated carbocycles. The quantitative estimate of drug-likeness (QED) is 0.566. The molecule has 0 saturated heterocycles. The van der Waals surface area contributed by atoms with E-state index in [1.807, 2.05) is 6.07 Å². The molecule has 1 aliphatic rings. The molecule has 0 unspecified atom stereocenters. The zero-order chi connectivity index (χ0) is 23.6. The number of rotatable bonds is 4. The molecule has 1 N–H and O–H groups in total. The summed E-state index contributed by atoms with van der Waals surface area (Å²) in [5.74, 6) is 0.881. The summed E-state index contributed by atoms with van der Waals surface area (Å²) in [4.78, 5) is 16.4. The molecule has 2 aromatic carbocycles. The van der Waals surface area contributed by atoms with Gasteiger partial charge < -0.3 is 14.8 Å². The largest absolute Gasteiger partial charge is 0.491 e. The summed E-state index contributed by atoms with van der Waals surface area (Å²) in [6.07, 6.45) is -2.82. The molecule has 0 aliphatic carbocycles. The zero-order valence-corrected chi connectivity index (χ0v) is 17.6. The number of aromatic nitrogens is 1. The molecule has 0 radical (unpaired) electrons. The molecule has 0 spiro atoms. The van der Waals surface area contributed by atoms with Crippen molar-refractivity contribution in [2.75, 3.05) is 6.61 Å². The summed E-state index contributed by atoms with van der Waals surface area (Å²) in [6.45, 7) is 0.161. The normalized spacial score (nSPS) is 15.1. The van der Waals surface area contributed by atoms with E-state index in [1.165, 1.54) is 18.3 Å². The lowest BCUT2D eigenvalue weighted by Gasteiger charge is -2.26. The lowest BCUT2D eigenvalue weighted by Crippen LogP contribution is -2.42. The fourth-order valence-electron chi connectivity index (χ4n) is 3.35. The van der Waals surface area contributed by atoms with Crippen molar-refractivity contribution < 1.29 is 27.4 Å². The molecule has 33 heavy (non-hydrogen) atoms. The van der Waals surface area contributed by atoms with Gasteiger partial charge in [-0.05, 0) is 54.4 Å². The van der Waals surface area contributed by atoms with Crippen molar-refractivity contribution in [3.05, 3.63) is 82.1 Å². The maximum Gasteiger partial charge on any atom is 0.417 e. The first kappa shape index (κ1) is 22.4. The highest BCUT2D eigenvalue weighted by Crippen LogP contribution is 2.35. The van der Waals surface area contributed by atoms with E-state index in [0.29, 0.717) is 23.7 Å². The number of hydrogen-bond donors (Lipinski definition) is 1. The number of amides is 1. The van der Waals surface area contributed by atoms with E-state index in [0.717, 1.165) is 17.7 Å². The Bertz CT molecular complexity index is 1260. The number of ether oxygens (including phenoxy) is 2. The topological polar surface area (TPSA) is 84.2 Å². The number of nitriles is 1. The van der Waals surface area contributed by atoms with Crippen LogP contribution in [0.3, 0.4) is 0 Å². The third kappa shape index (κ3) is 5.18. The van der Waals surface area contributed by atoms with Crippen molar-refractivity contribution in [2.24, 2.45) is 0 Å². The Balaban J connectivity index is 1.47. The number of hydrogen-bond acceptors (Lipinski definition) is 5. The van der Waals surface area contributed by atoms with Crippen LogP contribution in [0.1, 0.15) is 27.2 Å². The predicted octanol–water partition coefficient (Wildman–Crippen LogP) is 5.15. The van der Waals surface area contributed by atoms with Gasteiger partial charge in [-0.2, -0.15) is 18.4 Å². The molecule has 10 heteroatoms. The van der Waals surface area contributed by atoms with Crippen LogP contribution in [-0.2, 0) is 12.6 Å². The third-order valence-electron chi connectivity index (χ3n) is 4.89. The summed E-state index contributed by atoms with van der Waals surface area (Å²) in [5.41, 5.74) is -0.252. The van der Waals surface area contributed by atoms with Gasteiger partial charge in [0, 0.05) is 17.8 Å². The highest BCUT2D eigenvalue weighted by Gasteiger charge is 2.34. The molecule has 2 heterocycles. The van der Waals surface area contributed by atoms with E-state index in [1.54, 1.807) is 24.3 Å². The Morgan fingerprint density at radius 2 is 1.97 bits per heavy atom. The predicted molar refractivity (Wildman–Crippen MR) is 112 cm³/mol. The van der Waals surface area contributed by atoms with Crippen molar-refractivity contribution in [3.8, 4) is 23.3 Å². The molecule has 1 amide bonds. The summed E-state index contributed by atoms with van der Waals surface area (Å²) in [7, 11) is 0. The van der Waals surface area contributed by atoms with E-state index in [9.17, 15) is 18.0 Å². The number of alkyl halides is 3. The SMILES string of the molecule is N#Cc1cc(Oc2ccc3c(c2)C[C@H](NC(=O)c2ccc(Cl)c(C(F)(F)F)c2)CO3)ccn1. The van der Waals surface area contributed by atoms with E-state index in [4.69, 9.17) is 26.3 Å². The Morgan fingerprint density at radius 1 is 1.18 bits per heavy atom. The molecule has 1 aliphatic heterocycles. The van der Waals surface area contributed by atoms with E-state index >= 15 is 0 Å². The molecule has 4 rings (SSSR count). The Labute approximate surface area is 191 Å². The van der Waals surface area contributed by atoms with Crippen LogP contribution in [0.5, 0.6) is 17.2 Å². The minimum atomic E-state index is -4.67. The molecule has 1 aromatic heterocycles. The number of nitrogens with zero attached hydrogens (tertiary/aromatic N) is 2. The second kappa shape index (κ2) is 9.00. The Hall–Kier alpha value is -3.77. The van der Waals surface area contributed by atoms with Gasteiger partial charge in [0.25, 0.3) is 5.91 Å². The monoisotopic (exact) mass is 473 g/mol. The molecule has 3 aromatic rings. The highest BCUT2D eigenvalue weighted by molar-refractivity contribution is 6.31. The second-order valence-electron chi connectivity index (χ2n) is 7.24. The average Bonchev–Trinajstić information content (AvgIpc) is 2.78. The van der Waals surface area contributed by atoms with Crippen molar-refractivity contribution in [1.29, 1.82) is 5.26 Å². The van der Waals surface area contributed by atoms with Crippen LogP contribution >= 0.6 is 11.6 Å². The van der Waals surface area contributed by atoms with Gasteiger partial charge in [-0.1, -0.05) is 11.6 Å². The van der Waals surface area contributed by atoms with Crippen LogP contribution in [0.2, 0.25) is 5.02 Å². The number of carbonyl (C=O) groups is 1. The third-order valence-corrected chi connectivity index (χ3v) is 5.22. The summed E-state index contributed by atoms with van der Waals surface area (Å²) >= 11 is 5.62. The first-order valence-corrected chi connectivity index (χ1v) is 10.1. The fraction of sp³-hybridized carbons (Fsp3) is 0.174. The van der Waals surface area contributed by atoms with Gasteiger partial charge in [-0.15, -0.1) is 0 Å². The van der Waals surface area contributed by atoms with Gasteiger partial charge in [-0.25, -0.2) is 4.98 Å². The number of halogens is 4.